The molecule has 0 unspecified atom stereocenters. The van der Waals surface area contributed by atoms with Gasteiger partial charge < -0.3 is 25.3 Å². The molecular weight excluding hydrogens is 510 g/mol. The molecule has 166 valence electrons. The Balaban J connectivity index is 0.00000272. The van der Waals surface area contributed by atoms with Gasteiger partial charge in [-0.3, -0.25) is 4.99 Å². The smallest absolute Gasteiger partial charge is 0.191 e. The predicted molar refractivity (Wildman–Crippen MR) is 133 cm³/mol. The summed E-state index contributed by atoms with van der Waals surface area (Å²) in [6.45, 7) is 4.46. The van der Waals surface area contributed by atoms with E-state index >= 15 is 0 Å². The normalized spacial score (nSPS) is 14.4. The van der Waals surface area contributed by atoms with Crippen LogP contribution in [-0.4, -0.2) is 55.8 Å². The molecule has 0 bridgehead atoms. The Bertz CT molecular complexity index is 1020. The Morgan fingerprint density at radius 3 is 2.87 bits per heavy atom. The summed E-state index contributed by atoms with van der Waals surface area (Å²) in [5.41, 5.74) is 3.14. The molecule has 2 aromatic heterocycles. The Labute approximate surface area is 198 Å². The number of aliphatic imine (C=N–C) groups is 1. The van der Waals surface area contributed by atoms with Gasteiger partial charge in [-0.1, -0.05) is 6.07 Å². The lowest BCUT2D eigenvalue weighted by Gasteiger charge is -2.29. The lowest BCUT2D eigenvalue weighted by Crippen LogP contribution is -2.40. The van der Waals surface area contributed by atoms with Crippen molar-refractivity contribution >= 4 is 46.7 Å². The molecule has 0 saturated carbocycles. The molecule has 0 atom stereocenters. The van der Waals surface area contributed by atoms with Crippen molar-refractivity contribution in [3.63, 3.8) is 0 Å². The number of anilines is 1. The van der Waals surface area contributed by atoms with E-state index in [2.05, 4.69) is 36.6 Å². The summed E-state index contributed by atoms with van der Waals surface area (Å²) >= 11 is 0. The van der Waals surface area contributed by atoms with E-state index in [-0.39, 0.29) is 29.8 Å². The first kappa shape index (κ1) is 23.3. The van der Waals surface area contributed by atoms with Gasteiger partial charge >= 0.3 is 0 Å². The molecule has 1 aromatic carbocycles. The number of guanidine groups is 1. The largest absolute Gasteiger partial charge is 0.378 e. The minimum absolute atomic E-state index is 0. The van der Waals surface area contributed by atoms with E-state index in [1.165, 1.54) is 6.07 Å². The first-order valence-corrected chi connectivity index (χ1v) is 10.2. The second-order valence-corrected chi connectivity index (χ2v) is 7.19. The van der Waals surface area contributed by atoms with E-state index in [0.29, 0.717) is 13.1 Å². The second-order valence-electron chi connectivity index (χ2n) is 7.19. The zero-order valence-corrected chi connectivity index (χ0v) is 19.9. The number of hydrogen-bond acceptors (Lipinski definition) is 4. The highest BCUT2D eigenvalue weighted by molar-refractivity contribution is 14.0. The SMILES string of the molecule is CN=C(NCCc1c[nH]c2ccc(F)cc12)NCc1cccnc1N1CCOCC1.I. The van der Waals surface area contributed by atoms with E-state index in [9.17, 15) is 4.39 Å². The quantitative estimate of drug-likeness (QED) is 0.256. The van der Waals surface area contributed by atoms with Crippen molar-refractivity contribution in [2.24, 2.45) is 4.99 Å². The van der Waals surface area contributed by atoms with Crippen molar-refractivity contribution < 1.29 is 9.13 Å². The van der Waals surface area contributed by atoms with Crippen molar-refractivity contribution in [2.75, 3.05) is 44.8 Å². The van der Waals surface area contributed by atoms with Crippen LogP contribution < -0.4 is 15.5 Å². The molecule has 0 amide bonds. The molecule has 0 spiro atoms. The van der Waals surface area contributed by atoms with Gasteiger partial charge in [-0.15, -0.1) is 24.0 Å². The van der Waals surface area contributed by atoms with Gasteiger partial charge in [0.05, 0.1) is 13.2 Å². The fourth-order valence-corrected chi connectivity index (χ4v) is 3.70. The number of aromatic nitrogens is 2. The molecule has 7 nitrogen and oxygen atoms in total. The number of morpholine rings is 1. The van der Waals surface area contributed by atoms with Gasteiger partial charge in [-0.25, -0.2) is 9.37 Å². The average molecular weight is 538 g/mol. The van der Waals surface area contributed by atoms with Crippen LogP contribution in [0.2, 0.25) is 0 Å². The Hall–Kier alpha value is -2.40. The van der Waals surface area contributed by atoms with Crippen molar-refractivity contribution in [3.05, 3.63) is 59.7 Å². The minimum Gasteiger partial charge on any atom is -0.378 e. The van der Waals surface area contributed by atoms with Crippen molar-refractivity contribution in [1.29, 1.82) is 0 Å². The van der Waals surface area contributed by atoms with Gasteiger partial charge in [0.1, 0.15) is 11.6 Å². The zero-order valence-electron chi connectivity index (χ0n) is 17.5. The maximum absolute atomic E-state index is 13.6. The third-order valence-corrected chi connectivity index (χ3v) is 5.26. The van der Waals surface area contributed by atoms with Gasteiger partial charge in [0.15, 0.2) is 5.96 Å². The monoisotopic (exact) mass is 538 g/mol. The lowest BCUT2D eigenvalue weighted by molar-refractivity contribution is 0.122. The van der Waals surface area contributed by atoms with Crippen LogP contribution in [0.5, 0.6) is 0 Å². The van der Waals surface area contributed by atoms with Crippen LogP contribution >= 0.6 is 24.0 Å². The van der Waals surface area contributed by atoms with Crippen molar-refractivity contribution in [1.82, 2.24) is 20.6 Å². The summed E-state index contributed by atoms with van der Waals surface area (Å²) in [4.78, 5) is 14.3. The van der Waals surface area contributed by atoms with E-state index in [1.807, 2.05) is 18.5 Å². The number of nitrogens with zero attached hydrogens (tertiary/aromatic N) is 3. The van der Waals surface area contributed by atoms with E-state index < -0.39 is 0 Å². The number of benzene rings is 1. The standard InChI is InChI=1S/C22H27FN6O.HI/c1-24-22(26-8-6-16-14-27-20-5-4-18(23)13-19(16)20)28-15-17-3-2-7-25-21(17)29-9-11-30-12-10-29;/h2-5,7,13-14,27H,6,8-12,15H2,1H3,(H2,24,26,28);1H. The number of nitrogens with one attached hydrogen (secondary N) is 3. The molecule has 3 N–H and O–H groups in total. The first-order chi connectivity index (χ1) is 14.7. The van der Waals surface area contributed by atoms with Gasteiger partial charge in [-0.2, -0.15) is 0 Å². The molecule has 31 heavy (non-hydrogen) atoms. The third kappa shape index (κ3) is 5.85. The summed E-state index contributed by atoms with van der Waals surface area (Å²) in [5, 5.41) is 7.62. The van der Waals surface area contributed by atoms with Crippen LogP contribution in [0.25, 0.3) is 10.9 Å². The molecule has 1 fully saturated rings. The summed E-state index contributed by atoms with van der Waals surface area (Å²) < 4.78 is 19.0. The van der Waals surface area contributed by atoms with Crippen LogP contribution in [0.3, 0.4) is 0 Å². The number of ether oxygens (including phenoxy) is 1. The molecule has 0 aliphatic carbocycles. The Morgan fingerprint density at radius 2 is 2.06 bits per heavy atom. The molecule has 3 heterocycles. The molecule has 1 aliphatic rings. The van der Waals surface area contributed by atoms with Crippen molar-refractivity contribution in [3.8, 4) is 0 Å². The molecule has 1 saturated heterocycles. The predicted octanol–water partition coefficient (Wildman–Crippen LogP) is 3.06. The highest BCUT2D eigenvalue weighted by Crippen LogP contribution is 2.20. The fourth-order valence-electron chi connectivity index (χ4n) is 3.70. The van der Waals surface area contributed by atoms with Crippen LogP contribution in [0, 0.1) is 5.82 Å². The number of aromatic amines is 1. The van der Waals surface area contributed by atoms with E-state index in [0.717, 1.165) is 66.5 Å². The number of H-pyrrole nitrogens is 1. The highest BCUT2D eigenvalue weighted by Gasteiger charge is 2.16. The van der Waals surface area contributed by atoms with Gasteiger partial charge in [0.2, 0.25) is 0 Å². The topological polar surface area (TPSA) is 77.6 Å². The number of pyridine rings is 1. The lowest BCUT2D eigenvalue weighted by atomic mass is 10.1. The van der Waals surface area contributed by atoms with Crippen LogP contribution in [0.1, 0.15) is 11.1 Å². The van der Waals surface area contributed by atoms with E-state index in [4.69, 9.17) is 4.74 Å². The number of fused-ring (bicyclic) bond motifs is 1. The summed E-state index contributed by atoms with van der Waals surface area (Å²) in [5.74, 6) is 1.49. The molecule has 1 aliphatic heterocycles. The third-order valence-electron chi connectivity index (χ3n) is 5.26. The number of halogens is 2. The summed E-state index contributed by atoms with van der Waals surface area (Å²) in [7, 11) is 1.75. The average Bonchev–Trinajstić information content (AvgIpc) is 3.19. The second kappa shape index (κ2) is 11.3. The Morgan fingerprint density at radius 1 is 1.23 bits per heavy atom. The first-order valence-electron chi connectivity index (χ1n) is 10.2. The fraction of sp³-hybridized carbons (Fsp3) is 0.364. The summed E-state index contributed by atoms with van der Waals surface area (Å²) in [6.07, 6.45) is 4.52. The molecule has 9 heteroatoms. The molecule has 0 radical (unpaired) electrons. The number of hydrogen-bond donors (Lipinski definition) is 3. The van der Waals surface area contributed by atoms with Crippen LogP contribution in [0.15, 0.2) is 47.7 Å². The summed E-state index contributed by atoms with van der Waals surface area (Å²) in [6, 6.07) is 8.84. The van der Waals surface area contributed by atoms with Gasteiger partial charge in [-0.05, 0) is 36.2 Å². The maximum Gasteiger partial charge on any atom is 0.191 e. The minimum atomic E-state index is -0.221. The number of rotatable bonds is 6. The highest BCUT2D eigenvalue weighted by atomic mass is 127. The van der Waals surface area contributed by atoms with Crippen LogP contribution in [0.4, 0.5) is 10.2 Å². The maximum atomic E-state index is 13.6. The Kier molecular flexibility index (Phi) is 8.47. The molecule has 4 rings (SSSR count). The van der Waals surface area contributed by atoms with E-state index in [1.54, 1.807) is 19.2 Å². The molecular formula is C22H28FIN6O. The van der Waals surface area contributed by atoms with Gasteiger partial charge in [0.25, 0.3) is 0 Å². The van der Waals surface area contributed by atoms with Crippen LogP contribution in [-0.2, 0) is 17.7 Å². The van der Waals surface area contributed by atoms with Crippen molar-refractivity contribution in [2.45, 2.75) is 13.0 Å². The zero-order chi connectivity index (χ0) is 20.8. The van der Waals surface area contributed by atoms with Gasteiger partial charge in [0, 0.05) is 62.1 Å². The molecule has 3 aromatic rings.